The molecule has 0 saturated carbocycles. The number of hydrogen-bond acceptors (Lipinski definition) is 2. The smallest absolute Gasteiger partial charge is 0.00472 e. The van der Waals surface area contributed by atoms with E-state index in [1.54, 1.807) is 0 Å². The third kappa shape index (κ3) is 4.97. The third-order valence-electron chi connectivity index (χ3n) is 2.96. The SMILES string of the molecule is CCCC(C)(CNC)CN(CC)CC. The molecule has 0 aromatic carbocycles. The van der Waals surface area contributed by atoms with Crippen LogP contribution in [0.1, 0.15) is 40.5 Å². The molecule has 1 N–H and O–H groups in total. The van der Waals surface area contributed by atoms with Crippen LogP contribution in [0.5, 0.6) is 0 Å². The van der Waals surface area contributed by atoms with Gasteiger partial charge in [0.05, 0.1) is 0 Å². The molecule has 0 bridgehead atoms. The highest BCUT2D eigenvalue weighted by Gasteiger charge is 2.24. The first kappa shape index (κ1) is 13.9. The summed E-state index contributed by atoms with van der Waals surface area (Å²) in [5.74, 6) is 0. The van der Waals surface area contributed by atoms with Gasteiger partial charge in [0, 0.05) is 13.1 Å². The summed E-state index contributed by atoms with van der Waals surface area (Å²) >= 11 is 0. The lowest BCUT2D eigenvalue weighted by Crippen LogP contribution is -2.41. The molecule has 2 heteroatoms. The van der Waals surface area contributed by atoms with Crippen molar-refractivity contribution in [1.82, 2.24) is 10.2 Å². The van der Waals surface area contributed by atoms with E-state index in [1.807, 2.05) is 0 Å². The van der Waals surface area contributed by atoms with Gasteiger partial charge in [-0.15, -0.1) is 0 Å². The van der Waals surface area contributed by atoms with Crippen LogP contribution in [-0.4, -0.2) is 38.1 Å². The Morgan fingerprint density at radius 2 is 1.71 bits per heavy atom. The summed E-state index contributed by atoms with van der Waals surface area (Å²) in [5.41, 5.74) is 0.440. The second-order valence-electron chi connectivity index (χ2n) is 4.55. The normalized spacial score (nSPS) is 15.9. The summed E-state index contributed by atoms with van der Waals surface area (Å²) in [6, 6.07) is 0. The topological polar surface area (TPSA) is 15.3 Å². The highest BCUT2D eigenvalue weighted by molar-refractivity contribution is 4.79. The molecule has 0 saturated heterocycles. The minimum absolute atomic E-state index is 0.440. The van der Waals surface area contributed by atoms with Crippen molar-refractivity contribution >= 4 is 0 Å². The van der Waals surface area contributed by atoms with Crippen LogP contribution in [0.4, 0.5) is 0 Å². The van der Waals surface area contributed by atoms with E-state index < -0.39 is 0 Å². The first-order valence-corrected chi connectivity index (χ1v) is 5.98. The van der Waals surface area contributed by atoms with Crippen molar-refractivity contribution < 1.29 is 0 Å². The van der Waals surface area contributed by atoms with Crippen LogP contribution in [0.3, 0.4) is 0 Å². The maximum atomic E-state index is 3.32. The fourth-order valence-corrected chi connectivity index (χ4v) is 2.24. The average Bonchev–Trinajstić information content (AvgIpc) is 2.15. The Balaban J connectivity index is 4.17. The van der Waals surface area contributed by atoms with Crippen molar-refractivity contribution in [3.63, 3.8) is 0 Å². The van der Waals surface area contributed by atoms with Crippen LogP contribution in [0, 0.1) is 5.41 Å². The van der Waals surface area contributed by atoms with E-state index in [-0.39, 0.29) is 0 Å². The molecule has 2 nitrogen and oxygen atoms in total. The van der Waals surface area contributed by atoms with E-state index in [9.17, 15) is 0 Å². The summed E-state index contributed by atoms with van der Waals surface area (Å²) in [5, 5.41) is 3.32. The lowest BCUT2D eigenvalue weighted by atomic mass is 9.85. The summed E-state index contributed by atoms with van der Waals surface area (Å²) in [4.78, 5) is 2.52. The van der Waals surface area contributed by atoms with Crippen molar-refractivity contribution in [2.45, 2.75) is 40.5 Å². The van der Waals surface area contributed by atoms with Crippen LogP contribution < -0.4 is 5.32 Å². The van der Waals surface area contributed by atoms with Crippen molar-refractivity contribution in [1.29, 1.82) is 0 Å². The molecule has 86 valence electrons. The molecule has 0 radical (unpaired) electrons. The first-order chi connectivity index (χ1) is 6.61. The highest BCUT2D eigenvalue weighted by Crippen LogP contribution is 2.23. The molecular formula is C12H28N2. The maximum Gasteiger partial charge on any atom is 0.00472 e. The van der Waals surface area contributed by atoms with Gasteiger partial charge in [0.1, 0.15) is 0 Å². The molecule has 0 amide bonds. The number of hydrogen-bond donors (Lipinski definition) is 1. The van der Waals surface area contributed by atoms with Crippen molar-refractivity contribution in [3.8, 4) is 0 Å². The maximum absolute atomic E-state index is 3.32. The van der Waals surface area contributed by atoms with Crippen LogP contribution >= 0.6 is 0 Å². The molecule has 0 aliphatic carbocycles. The van der Waals surface area contributed by atoms with E-state index in [2.05, 4.69) is 45.0 Å². The molecule has 0 heterocycles. The molecule has 0 fully saturated rings. The number of nitrogens with zero attached hydrogens (tertiary/aromatic N) is 1. The monoisotopic (exact) mass is 200 g/mol. The molecule has 0 aromatic rings. The van der Waals surface area contributed by atoms with E-state index in [1.165, 1.54) is 32.5 Å². The highest BCUT2D eigenvalue weighted by atomic mass is 15.1. The molecule has 14 heavy (non-hydrogen) atoms. The molecule has 0 spiro atoms. The minimum atomic E-state index is 0.440. The largest absolute Gasteiger partial charge is 0.319 e. The van der Waals surface area contributed by atoms with Gasteiger partial charge in [0.15, 0.2) is 0 Å². The zero-order chi connectivity index (χ0) is 11.0. The van der Waals surface area contributed by atoms with E-state index >= 15 is 0 Å². The summed E-state index contributed by atoms with van der Waals surface area (Å²) < 4.78 is 0. The van der Waals surface area contributed by atoms with Gasteiger partial charge in [0.25, 0.3) is 0 Å². The van der Waals surface area contributed by atoms with E-state index in [4.69, 9.17) is 0 Å². The number of nitrogens with one attached hydrogen (secondary N) is 1. The summed E-state index contributed by atoms with van der Waals surface area (Å²) in [6.07, 6.45) is 2.59. The summed E-state index contributed by atoms with van der Waals surface area (Å²) in [6.45, 7) is 13.8. The molecule has 0 aromatic heterocycles. The Labute approximate surface area is 90.1 Å². The second-order valence-corrected chi connectivity index (χ2v) is 4.55. The minimum Gasteiger partial charge on any atom is -0.319 e. The molecule has 1 atom stereocenters. The van der Waals surface area contributed by atoms with Gasteiger partial charge >= 0.3 is 0 Å². The van der Waals surface area contributed by atoms with Crippen molar-refractivity contribution in [2.24, 2.45) is 5.41 Å². The van der Waals surface area contributed by atoms with E-state index in [0.717, 1.165) is 6.54 Å². The van der Waals surface area contributed by atoms with Gasteiger partial charge in [-0.2, -0.15) is 0 Å². The van der Waals surface area contributed by atoms with Crippen LogP contribution in [0.25, 0.3) is 0 Å². The van der Waals surface area contributed by atoms with Gasteiger partial charge in [-0.05, 0) is 32.0 Å². The van der Waals surface area contributed by atoms with E-state index in [0.29, 0.717) is 5.41 Å². The first-order valence-electron chi connectivity index (χ1n) is 5.98. The van der Waals surface area contributed by atoms with Gasteiger partial charge < -0.3 is 10.2 Å². The molecule has 1 unspecified atom stereocenters. The van der Waals surface area contributed by atoms with Crippen LogP contribution in [-0.2, 0) is 0 Å². The Kier molecular flexibility index (Phi) is 7.20. The fraction of sp³-hybridized carbons (Fsp3) is 1.00. The van der Waals surface area contributed by atoms with Crippen molar-refractivity contribution in [3.05, 3.63) is 0 Å². The summed E-state index contributed by atoms with van der Waals surface area (Å²) in [7, 11) is 2.05. The predicted molar refractivity (Wildman–Crippen MR) is 64.7 cm³/mol. The zero-order valence-corrected chi connectivity index (χ0v) is 10.7. The van der Waals surface area contributed by atoms with Crippen molar-refractivity contribution in [2.75, 3.05) is 33.2 Å². The third-order valence-corrected chi connectivity index (χ3v) is 2.96. The Bertz CT molecular complexity index is 124. The molecule has 0 rings (SSSR count). The van der Waals surface area contributed by atoms with Crippen LogP contribution in [0.2, 0.25) is 0 Å². The second kappa shape index (κ2) is 7.24. The number of rotatable bonds is 8. The molecular weight excluding hydrogens is 172 g/mol. The van der Waals surface area contributed by atoms with Gasteiger partial charge in [-0.25, -0.2) is 0 Å². The standard InChI is InChI=1S/C12H28N2/c1-6-9-12(4,10-13-5)11-14(7-2)8-3/h13H,6-11H2,1-5H3. The average molecular weight is 200 g/mol. The lowest BCUT2D eigenvalue weighted by Gasteiger charge is -2.34. The predicted octanol–water partition coefficient (Wildman–Crippen LogP) is 2.35. The Hall–Kier alpha value is -0.0800. The molecule has 0 aliphatic rings. The Morgan fingerprint density at radius 1 is 1.14 bits per heavy atom. The van der Waals surface area contributed by atoms with Gasteiger partial charge in [-0.3, -0.25) is 0 Å². The Morgan fingerprint density at radius 3 is 2.07 bits per heavy atom. The quantitative estimate of drug-likeness (QED) is 0.647. The molecule has 0 aliphatic heterocycles. The van der Waals surface area contributed by atoms with Gasteiger partial charge in [-0.1, -0.05) is 34.1 Å². The van der Waals surface area contributed by atoms with Gasteiger partial charge in [0.2, 0.25) is 0 Å². The lowest BCUT2D eigenvalue weighted by molar-refractivity contribution is 0.162. The van der Waals surface area contributed by atoms with Crippen LogP contribution in [0.15, 0.2) is 0 Å². The fourth-order valence-electron chi connectivity index (χ4n) is 2.24. The zero-order valence-electron chi connectivity index (χ0n) is 10.7.